The molecule has 0 spiro atoms. The predicted octanol–water partition coefficient (Wildman–Crippen LogP) is 4.09. The van der Waals surface area contributed by atoms with Crippen LogP contribution in [-0.4, -0.2) is 31.3 Å². The van der Waals surface area contributed by atoms with Gasteiger partial charge in [-0.05, 0) is 44.7 Å². The van der Waals surface area contributed by atoms with E-state index in [0.29, 0.717) is 16.5 Å². The molecule has 3 heterocycles. The largest absolute Gasteiger partial charge is 0.382 e. The van der Waals surface area contributed by atoms with Crippen molar-refractivity contribution in [3.05, 3.63) is 59.1 Å². The van der Waals surface area contributed by atoms with Crippen molar-refractivity contribution in [2.75, 3.05) is 11.1 Å². The van der Waals surface area contributed by atoms with Crippen LogP contribution in [0.15, 0.2) is 42.9 Å². The third-order valence-electron chi connectivity index (χ3n) is 6.23. The number of nitriles is 1. The number of nitrogen functional groups attached to an aromatic ring is 1. The molecule has 1 aliphatic carbocycles. The number of fused-ring (bicyclic) bond motifs is 1. The van der Waals surface area contributed by atoms with Crippen LogP contribution in [0.25, 0.3) is 16.8 Å². The molecule has 0 radical (unpaired) electrons. The molecule has 9 nitrogen and oxygen atoms in total. The van der Waals surface area contributed by atoms with Crippen molar-refractivity contribution in [1.82, 2.24) is 24.7 Å². The first-order valence-corrected chi connectivity index (χ1v) is 12.0. The molecule has 1 fully saturated rings. The van der Waals surface area contributed by atoms with E-state index >= 15 is 0 Å². The maximum atomic E-state index is 12.6. The number of carbonyl (C=O) groups is 1. The summed E-state index contributed by atoms with van der Waals surface area (Å²) in [6.07, 6.45) is 11.1. The highest BCUT2D eigenvalue weighted by atomic mass is 32.1. The van der Waals surface area contributed by atoms with Gasteiger partial charge in [-0.15, -0.1) is 11.3 Å². The van der Waals surface area contributed by atoms with Gasteiger partial charge in [0.25, 0.3) is 5.91 Å². The minimum atomic E-state index is -0.208. The summed E-state index contributed by atoms with van der Waals surface area (Å²) < 4.78 is 2.03. The van der Waals surface area contributed by atoms with E-state index in [1.807, 2.05) is 29.7 Å². The maximum absolute atomic E-state index is 12.6. The van der Waals surface area contributed by atoms with E-state index < -0.39 is 0 Å². The fourth-order valence-corrected chi connectivity index (χ4v) is 5.18. The number of imidazole rings is 1. The van der Waals surface area contributed by atoms with Crippen LogP contribution in [0.5, 0.6) is 0 Å². The Kier molecular flexibility index (Phi) is 5.86. The molecular weight excluding hydrogens is 448 g/mol. The summed E-state index contributed by atoms with van der Waals surface area (Å²) in [6.45, 7) is 1.95. The number of carbonyl (C=O) groups excluding carboxylic acids is 1. The third-order valence-corrected chi connectivity index (χ3v) is 7.06. The van der Waals surface area contributed by atoms with E-state index in [1.54, 1.807) is 24.5 Å². The van der Waals surface area contributed by atoms with E-state index in [0.717, 1.165) is 53.2 Å². The Morgan fingerprint density at radius 3 is 2.65 bits per heavy atom. The predicted molar refractivity (Wildman–Crippen MR) is 131 cm³/mol. The second kappa shape index (κ2) is 9.11. The minimum Gasteiger partial charge on any atom is -0.382 e. The van der Waals surface area contributed by atoms with E-state index in [9.17, 15) is 4.79 Å². The van der Waals surface area contributed by atoms with Gasteiger partial charge in [-0.2, -0.15) is 5.26 Å². The Labute approximate surface area is 200 Å². The molecule has 1 amide bonds. The minimum absolute atomic E-state index is 0.208. The lowest BCUT2D eigenvalue weighted by Crippen LogP contribution is -2.29. The van der Waals surface area contributed by atoms with Gasteiger partial charge in [0.2, 0.25) is 0 Å². The number of nitrogens with one attached hydrogen (secondary N) is 2. The molecule has 0 saturated heterocycles. The van der Waals surface area contributed by atoms with Crippen molar-refractivity contribution in [1.29, 1.82) is 5.26 Å². The maximum Gasteiger partial charge on any atom is 0.257 e. The normalized spacial score (nSPS) is 17.9. The van der Waals surface area contributed by atoms with Gasteiger partial charge in [-0.25, -0.2) is 15.0 Å². The fraction of sp³-hybridized carbons (Fsp3) is 0.292. The summed E-state index contributed by atoms with van der Waals surface area (Å²) in [5, 5.41) is 15.2. The second-order valence-corrected chi connectivity index (χ2v) is 9.70. The first-order chi connectivity index (χ1) is 16.5. The van der Waals surface area contributed by atoms with Gasteiger partial charge in [0.05, 0.1) is 0 Å². The van der Waals surface area contributed by atoms with Crippen LogP contribution in [0.2, 0.25) is 0 Å². The van der Waals surface area contributed by atoms with Crippen LogP contribution in [0.1, 0.15) is 52.7 Å². The molecule has 0 unspecified atom stereocenters. The van der Waals surface area contributed by atoms with Gasteiger partial charge >= 0.3 is 0 Å². The van der Waals surface area contributed by atoms with Gasteiger partial charge in [-0.3, -0.25) is 14.5 Å². The van der Waals surface area contributed by atoms with Crippen molar-refractivity contribution in [2.24, 2.45) is 0 Å². The lowest BCUT2D eigenvalue weighted by atomic mass is 9.85. The Bertz CT molecular complexity index is 1380. The van der Waals surface area contributed by atoms with Gasteiger partial charge in [0.15, 0.2) is 11.3 Å². The van der Waals surface area contributed by atoms with Crippen LogP contribution in [-0.2, 0) is 0 Å². The zero-order valence-electron chi connectivity index (χ0n) is 18.7. The molecule has 3 aromatic heterocycles. The number of aryl methyl sites for hydroxylation is 1. The van der Waals surface area contributed by atoms with E-state index in [-0.39, 0.29) is 17.9 Å². The summed E-state index contributed by atoms with van der Waals surface area (Å²) in [6, 6.07) is 7.55. The fourth-order valence-electron chi connectivity index (χ4n) is 4.52. The van der Waals surface area contributed by atoms with Crippen LogP contribution < -0.4 is 16.4 Å². The summed E-state index contributed by atoms with van der Waals surface area (Å²) in [4.78, 5) is 27.1. The highest BCUT2D eigenvalue weighted by Crippen LogP contribution is 2.36. The summed E-state index contributed by atoms with van der Waals surface area (Å²) in [5.41, 5.74) is 9.20. The average Bonchev–Trinajstić information content (AvgIpc) is 3.44. The number of hydrogen-bond acceptors (Lipinski definition) is 8. The van der Waals surface area contributed by atoms with Crippen molar-refractivity contribution in [3.8, 4) is 17.5 Å². The number of anilines is 2. The van der Waals surface area contributed by atoms with Crippen molar-refractivity contribution in [3.63, 3.8) is 0 Å². The number of hydrogen-bond donors (Lipinski definition) is 3. The highest BCUT2D eigenvalue weighted by Gasteiger charge is 2.27. The zero-order chi connectivity index (χ0) is 23.7. The number of aromatic nitrogens is 4. The monoisotopic (exact) mass is 472 g/mol. The number of rotatable bonds is 5. The second-order valence-electron chi connectivity index (χ2n) is 8.46. The molecule has 1 aromatic carbocycles. The smallest absolute Gasteiger partial charge is 0.257 e. The lowest BCUT2D eigenvalue weighted by Gasteiger charge is -2.26. The van der Waals surface area contributed by atoms with Gasteiger partial charge in [0, 0.05) is 46.6 Å². The lowest BCUT2D eigenvalue weighted by molar-refractivity contribution is 0.102. The number of nitrogens with two attached hydrogens (primary N) is 1. The molecule has 0 aliphatic heterocycles. The molecule has 4 N–H and O–H groups in total. The molecule has 172 valence electrons. The van der Waals surface area contributed by atoms with Gasteiger partial charge in [0.1, 0.15) is 22.9 Å². The number of benzene rings is 1. The Balaban J connectivity index is 1.43. The summed E-state index contributed by atoms with van der Waals surface area (Å²) >= 11 is 1.44. The van der Waals surface area contributed by atoms with Crippen LogP contribution in [0.3, 0.4) is 0 Å². The van der Waals surface area contributed by atoms with Crippen LogP contribution >= 0.6 is 11.3 Å². The first-order valence-electron chi connectivity index (χ1n) is 11.1. The molecule has 1 aliphatic rings. The Morgan fingerprint density at radius 2 is 1.97 bits per heavy atom. The SMILES string of the molecule is Cc1cnc(NC(=O)c2ccc(-c3nc(C4CCC(NC#N)CC4)n4ccnc(N)c34)cc2)s1. The van der Waals surface area contributed by atoms with Crippen molar-refractivity contribution >= 4 is 33.7 Å². The number of amides is 1. The number of nitrogens with zero attached hydrogens (tertiary/aromatic N) is 5. The molecule has 0 atom stereocenters. The molecule has 5 rings (SSSR count). The van der Waals surface area contributed by atoms with E-state index in [4.69, 9.17) is 16.0 Å². The first kappa shape index (κ1) is 21.9. The van der Waals surface area contributed by atoms with Gasteiger partial charge in [-0.1, -0.05) is 12.1 Å². The van der Waals surface area contributed by atoms with Crippen molar-refractivity contribution < 1.29 is 4.79 Å². The van der Waals surface area contributed by atoms with Gasteiger partial charge < -0.3 is 11.1 Å². The molecule has 34 heavy (non-hydrogen) atoms. The molecule has 10 heteroatoms. The van der Waals surface area contributed by atoms with Crippen LogP contribution in [0.4, 0.5) is 10.9 Å². The highest BCUT2D eigenvalue weighted by molar-refractivity contribution is 7.15. The molecule has 0 bridgehead atoms. The van der Waals surface area contributed by atoms with Crippen LogP contribution in [0, 0.1) is 18.4 Å². The molecular formula is C24H24N8OS. The van der Waals surface area contributed by atoms with E-state index in [2.05, 4.69) is 26.8 Å². The van der Waals surface area contributed by atoms with Crippen molar-refractivity contribution in [2.45, 2.75) is 44.6 Å². The molecule has 1 saturated carbocycles. The average molecular weight is 473 g/mol. The van der Waals surface area contributed by atoms with E-state index in [1.165, 1.54) is 11.3 Å². The molecule has 4 aromatic rings. The summed E-state index contributed by atoms with van der Waals surface area (Å²) in [5.74, 6) is 1.43. The standard InChI is InChI=1S/C24H24N8OS/c1-14-12-28-24(34-14)31-23(33)17-4-2-15(3-5-17)19-20-21(26)27-10-11-32(20)22(30-19)16-6-8-18(9-7-16)29-13-25/h2-5,10-12,16,18,29H,6-9H2,1H3,(H2,26,27)(H,28,31,33). The topological polar surface area (TPSA) is 134 Å². The summed E-state index contributed by atoms with van der Waals surface area (Å²) in [7, 11) is 0. The zero-order valence-corrected chi connectivity index (χ0v) is 19.5. The Hall–Kier alpha value is -3.97. The quantitative estimate of drug-likeness (QED) is 0.294. The number of thiazole rings is 1. The Morgan fingerprint density at radius 1 is 1.21 bits per heavy atom. The third kappa shape index (κ3) is 4.18.